The van der Waals surface area contributed by atoms with Crippen LogP contribution in [0.4, 0.5) is 13.2 Å². The number of rotatable bonds is 7. The molecule has 2 rings (SSSR count). The molecule has 1 N–H and O–H groups in total. The third-order valence-corrected chi connectivity index (χ3v) is 3.53. The highest BCUT2D eigenvalue weighted by atomic mass is 19.3. The molecule has 0 aliphatic carbocycles. The minimum absolute atomic E-state index is 0.0705. The second-order valence-electron chi connectivity index (χ2n) is 5.43. The summed E-state index contributed by atoms with van der Waals surface area (Å²) in [5.74, 6) is -1.43. The van der Waals surface area contributed by atoms with Crippen LogP contribution in [0.2, 0.25) is 0 Å². The van der Waals surface area contributed by atoms with E-state index in [0.717, 1.165) is 0 Å². The lowest BCUT2D eigenvalue weighted by molar-refractivity contribution is -0.129. The fourth-order valence-electron chi connectivity index (χ4n) is 2.15. The number of likely N-dealkylation sites (N-methyl/N-ethyl adjacent to an activating group) is 1. The van der Waals surface area contributed by atoms with Crippen molar-refractivity contribution in [2.24, 2.45) is 0 Å². The van der Waals surface area contributed by atoms with Crippen LogP contribution < -0.4 is 10.1 Å². The fourth-order valence-corrected chi connectivity index (χ4v) is 2.15. The number of benzene rings is 2. The van der Waals surface area contributed by atoms with Crippen molar-refractivity contribution in [2.75, 3.05) is 13.6 Å². The molecule has 0 aliphatic rings. The normalized spacial score (nSPS) is 10.5. The van der Waals surface area contributed by atoms with Gasteiger partial charge in [-0.3, -0.25) is 9.59 Å². The Morgan fingerprint density at radius 3 is 2.38 bits per heavy atom. The SMILES string of the molecule is CN(Cc1ccccc1F)C(=O)CNC(=O)c1ccc(OC(F)F)cc1. The van der Waals surface area contributed by atoms with Gasteiger partial charge >= 0.3 is 6.61 Å². The third kappa shape index (κ3) is 5.51. The standard InChI is InChI=1S/C18H17F3N2O3/c1-23(11-13-4-2-3-5-15(13)19)16(24)10-22-17(25)12-6-8-14(9-7-12)26-18(20)21/h2-9,18H,10-11H2,1H3,(H,22,25). The molecule has 2 aromatic carbocycles. The zero-order valence-corrected chi connectivity index (χ0v) is 13.9. The van der Waals surface area contributed by atoms with Crippen LogP contribution >= 0.6 is 0 Å². The molecule has 0 radical (unpaired) electrons. The molecule has 138 valence electrons. The van der Waals surface area contributed by atoms with Crippen LogP contribution in [0.5, 0.6) is 5.75 Å². The van der Waals surface area contributed by atoms with Crippen LogP contribution in [-0.2, 0) is 11.3 Å². The van der Waals surface area contributed by atoms with Crippen molar-refractivity contribution in [3.63, 3.8) is 0 Å². The molecule has 0 spiro atoms. The number of hydrogen-bond donors (Lipinski definition) is 1. The average molecular weight is 366 g/mol. The number of ether oxygens (including phenoxy) is 1. The Hall–Kier alpha value is -3.03. The molecule has 8 heteroatoms. The van der Waals surface area contributed by atoms with Crippen molar-refractivity contribution in [3.05, 3.63) is 65.5 Å². The second-order valence-corrected chi connectivity index (χ2v) is 5.43. The minimum atomic E-state index is -2.95. The van der Waals surface area contributed by atoms with E-state index in [4.69, 9.17) is 0 Å². The lowest BCUT2D eigenvalue weighted by atomic mass is 10.2. The molecule has 0 unspecified atom stereocenters. The predicted molar refractivity (Wildman–Crippen MR) is 88.3 cm³/mol. The quantitative estimate of drug-likeness (QED) is 0.820. The summed E-state index contributed by atoms with van der Waals surface area (Å²) in [6.07, 6.45) is 0. The van der Waals surface area contributed by atoms with Gasteiger partial charge in [-0.25, -0.2) is 4.39 Å². The predicted octanol–water partition coefficient (Wildman–Crippen LogP) is 2.82. The summed E-state index contributed by atoms with van der Waals surface area (Å²) >= 11 is 0. The van der Waals surface area contributed by atoms with E-state index in [1.807, 2.05) is 0 Å². The Bertz CT molecular complexity index is 767. The molecule has 5 nitrogen and oxygen atoms in total. The summed E-state index contributed by atoms with van der Waals surface area (Å²) in [6.45, 7) is -3.16. The molecule has 26 heavy (non-hydrogen) atoms. The maximum absolute atomic E-state index is 13.6. The largest absolute Gasteiger partial charge is 0.435 e. The molecule has 0 saturated heterocycles. The van der Waals surface area contributed by atoms with Crippen LogP contribution in [0.1, 0.15) is 15.9 Å². The number of alkyl halides is 2. The van der Waals surface area contributed by atoms with Crippen molar-refractivity contribution in [3.8, 4) is 5.75 Å². The Balaban J connectivity index is 1.86. The summed E-state index contributed by atoms with van der Waals surface area (Å²) in [4.78, 5) is 25.3. The van der Waals surface area contributed by atoms with Gasteiger partial charge in [-0.1, -0.05) is 18.2 Å². The minimum Gasteiger partial charge on any atom is -0.435 e. The summed E-state index contributed by atoms with van der Waals surface area (Å²) < 4.78 is 41.9. The van der Waals surface area contributed by atoms with E-state index in [1.165, 1.54) is 42.3 Å². The number of nitrogens with zero attached hydrogens (tertiary/aromatic N) is 1. The van der Waals surface area contributed by atoms with Crippen LogP contribution in [0.25, 0.3) is 0 Å². The number of carbonyl (C=O) groups excluding carboxylic acids is 2. The smallest absolute Gasteiger partial charge is 0.387 e. The molecule has 2 aromatic rings. The Morgan fingerprint density at radius 2 is 1.77 bits per heavy atom. The molecular formula is C18H17F3N2O3. The fraction of sp³-hybridized carbons (Fsp3) is 0.222. The maximum atomic E-state index is 13.6. The van der Waals surface area contributed by atoms with Gasteiger partial charge in [0.1, 0.15) is 11.6 Å². The molecule has 0 bridgehead atoms. The molecule has 0 saturated carbocycles. The van der Waals surface area contributed by atoms with Gasteiger partial charge in [-0.15, -0.1) is 0 Å². The van der Waals surface area contributed by atoms with Gasteiger partial charge in [0.25, 0.3) is 5.91 Å². The van der Waals surface area contributed by atoms with E-state index in [9.17, 15) is 22.8 Å². The first kappa shape index (κ1) is 19.3. The number of halogens is 3. The van der Waals surface area contributed by atoms with E-state index in [2.05, 4.69) is 10.1 Å². The Labute approximate surface area is 148 Å². The van der Waals surface area contributed by atoms with Crippen molar-refractivity contribution < 1.29 is 27.5 Å². The van der Waals surface area contributed by atoms with Crippen molar-refractivity contribution in [1.82, 2.24) is 10.2 Å². The highest BCUT2D eigenvalue weighted by molar-refractivity contribution is 5.96. The van der Waals surface area contributed by atoms with Gasteiger partial charge in [-0.05, 0) is 30.3 Å². The van der Waals surface area contributed by atoms with Crippen LogP contribution in [-0.4, -0.2) is 36.9 Å². The van der Waals surface area contributed by atoms with Gasteiger partial charge in [-0.2, -0.15) is 8.78 Å². The first-order chi connectivity index (χ1) is 12.4. The van der Waals surface area contributed by atoms with Gasteiger partial charge < -0.3 is 15.0 Å². The van der Waals surface area contributed by atoms with Crippen molar-refractivity contribution in [1.29, 1.82) is 0 Å². The number of nitrogens with one attached hydrogen (secondary N) is 1. The molecule has 0 heterocycles. The zero-order valence-electron chi connectivity index (χ0n) is 13.9. The molecule has 0 aliphatic heterocycles. The van der Waals surface area contributed by atoms with Gasteiger partial charge in [0.05, 0.1) is 6.54 Å². The maximum Gasteiger partial charge on any atom is 0.387 e. The van der Waals surface area contributed by atoms with Crippen LogP contribution in [0.15, 0.2) is 48.5 Å². The van der Waals surface area contributed by atoms with Crippen LogP contribution in [0, 0.1) is 5.82 Å². The van der Waals surface area contributed by atoms with Gasteiger partial charge in [0.2, 0.25) is 5.91 Å². The third-order valence-electron chi connectivity index (χ3n) is 3.53. The molecular weight excluding hydrogens is 349 g/mol. The average Bonchev–Trinajstić information content (AvgIpc) is 2.61. The lowest BCUT2D eigenvalue weighted by Crippen LogP contribution is -2.37. The lowest BCUT2D eigenvalue weighted by Gasteiger charge is -2.18. The van der Waals surface area contributed by atoms with Gasteiger partial charge in [0, 0.05) is 24.7 Å². The van der Waals surface area contributed by atoms with E-state index in [-0.39, 0.29) is 24.4 Å². The number of amides is 2. The molecule has 0 aromatic heterocycles. The van der Waals surface area contributed by atoms with Gasteiger partial charge in [0.15, 0.2) is 0 Å². The number of hydrogen-bond acceptors (Lipinski definition) is 3. The van der Waals surface area contributed by atoms with Crippen LogP contribution in [0.3, 0.4) is 0 Å². The monoisotopic (exact) mass is 366 g/mol. The first-order valence-electron chi connectivity index (χ1n) is 7.67. The highest BCUT2D eigenvalue weighted by Crippen LogP contribution is 2.15. The molecule has 0 atom stereocenters. The summed E-state index contributed by atoms with van der Waals surface area (Å²) in [6, 6.07) is 11.2. The molecule has 0 fully saturated rings. The number of carbonyl (C=O) groups is 2. The summed E-state index contributed by atoms with van der Waals surface area (Å²) in [5, 5.41) is 2.43. The Kier molecular flexibility index (Phi) is 6.60. The first-order valence-corrected chi connectivity index (χ1v) is 7.67. The molecule has 2 amide bonds. The second kappa shape index (κ2) is 8.89. The summed E-state index contributed by atoms with van der Waals surface area (Å²) in [7, 11) is 1.50. The van der Waals surface area contributed by atoms with Crippen molar-refractivity contribution in [2.45, 2.75) is 13.2 Å². The van der Waals surface area contributed by atoms with E-state index in [0.29, 0.717) is 5.56 Å². The van der Waals surface area contributed by atoms with E-state index in [1.54, 1.807) is 18.2 Å². The zero-order chi connectivity index (χ0) is 19.1. The topological polar surface area (TPSA) is 58.6 Å². The summed E-state index contributed by atoms with van der Waals surface area (Å²) in [5.41, 5.74) is 0.556. The van der Waals surface area contributed by atoms with E-state index >= 15 is 0 Å². The highest BCUT2D eigenvalue weighted by Gasteiger charge is 2.14. The Morgan fingerprint density at radius 1 is 1.12 bits per heavy atom. The van der Waals surface area contributed by atoms with E-state index < -0.39 is 24.2 Å². The van der Waals surface area contributed by atoms with Crippen molar-refractivity contribution >= 4 is 11.8 Å².